The van der Waals surface area contributed by atoms with Gasteiger partial charge in [0.05, 0.1) is 18.0 Å². The van der Waals surface area contributed by atoms with Crippen LogP contribution in [0.15, 0.2) is 6.33 Å². The molecule has 2 rings (SSSR count). The summed E-state index contributed by atoms with van der Waals surface area (Å²) in [5.74, 6) is 1.05. The highest BCUT2D eigenvalue weighted by atomic mass is 15.3. The van der Waals surface area contributed by atoms with Crippen LogP contribution in [0.5, 0.6) is 0 Å². The van der Waals surface area contributed by atoms with Crippen molar-refractivity contribution in [1.29, 1.82) is 5.26 Å². The van der Waals surface area contributed by atoms with Crippen LogP contribution in [-0.4, -0.2) is 20.8 Å². The summed E-state index contributed by atoms with van der Waals surface area (Å²) in [4.78, 5) is 0. The van der Waals surface area contributed by atoms with Crippen molar-refractivity contribution in [3.8, 4) is 6.07 Å². The van der Waals surface area contributed by atoms with Crippen molar-refractivity contribution < 1.29 is 0 Å². The summed E-state index contributed by atoms with van der Waals surface area (Å²) >= 11 is 0. The van der Waals surface area contributed by atoms with Gasteiger partial charge in [0.15, 0.2) is 0 Å². The minimum Gasteiger partial charge on any atom is -0.319 e. The van der Waals surface area contributed by atoms with Crippen LogP contribution in [0.3, 0.4) is 0 Å². The highest BCUT2D eigenvalue weighted by Crippen LogP contribution is 2.25. The molecule has 98 valence electrons. The maximum atomic E-state index is 9.26. The van der Waals surface area contributed by atoms with Crippen molar-refractivity contribution in [3.05, 3.63) is 12.2 Å². The van der Waals surface area contributed by atoms with Crippen LogP contribution in [0, 0.1) is 17.2 Å². The number of aryl methyl sites for hydroxylation is 1. The number of aromatic nitrogens is 3. The third-order valence-electron chi connectivity index (χ3n) is 3.78. The summed E-state index contributed by atoms with van der Waals surface area (Å²) in [6.45, 7) is 2.09. The highest BCUT2D eigenvalue weighted by molar-refractivity contribution is 4.98. The van der Waals surface area contributed by atoms with E-state index in [0.717, 1.165) is 18.7 Å². The second-order valence-corrected chi connectivity index (χ2v) is 5.17. The summed E-state index contributed by atoms with van der Waals surface area (Å²) < 4.78 is 1.93. The molecule has 0 radical (unpaired) electrons. The monoisotopic (exact) mass is 247 g/mol. The Balaban J connectivity index is 2.03. The lowest BCUT2D eigenvalue weighted by atomic mass is 9.95. The van der Waals surface area contributed by atoms with Crippen LogP contribution < -0.4 is 5.32 Å². The molecule has 5 nitrogen and oxygen atoms in total. The molecule has 0 amide bonds. The lowest BCUT2D eigenvalue weighted by Crippen LogP contribution is -2.37. The molecule has 5 heteroatoms. The Hall–Kier alpha value is -1.41. The maximum Gasteiger partial charge on any atom is 0.149 e. The van der Waals surface area contributed by atoms with Gasteiger partial charge < -0.3 is 9.88 Å². The Labute approximate surface area is 108 Å². The number of hydrogen-bond acceptors (Lipinski definition) is 4. The van der Waals surface area contributed by atoms with Gasteiger partial charge in [0.1, 0.15) is 12.2 Å². The molecule has 1 aliphatic carbocycles. The van der Waals surface area contributed by atoms with Crippen molar-refractivity contribution in [1.82, 2.24) is 20.1 Å². The molecule has 1 aromatic heterocycles. The highest BCUT2D eigenvalue weighted by Gasteiger charge is 2.26. The molecule has 1 aliphatic rings. The normalized spacial score (nSPS) is 26.3. The third-order valence-corrected chi connectivity index (χ3v) is 3.78. The quantitative estimate of drug-likeness (QED) is 0.829. The van der Waals surface area contributed by atoms with Crippen molar-refractivity contribution in [2.24, 2.45) is 13.0 Å². The van der Waals surface area contributed by atoms with Crippen molar-refractivity contribution in [3.63, 3.8) is 0 Å². The van der Waals surface area contributed by atoms with E-state index in [0.29, 0.717) is 0 Å². The van der Waals surface area contributed by atoms with Crippen LogP contribution in [0.4, 0.5) is 0 Å². The van der Waals surface area contributed by atoms with E-state index in [4.69, 9.17) is 0 Å². The number of nitriles is 1. The largest absolute Gasteiger partial charge is 0.319 e. The molecule has 3 unspecified atom stereocenters. The third kappa shape index (κ3) is 2.88. The van der Waals surface area contributed by atoms with Crippen LogP contribution in [0.25, 0.3) is 0 Å². The van der Waals surface area contributed by atoms with E-state index in [9.17, 15) is 5.26 Å². The van der Waals surface area contributed by atoms with Crippen molar-refractivity contribution >= 4 is 0 Å². The zero-order valence-electron chi connectivity index (χ0n) is 11.1. The number of rotatable bonds is 3. The molecule has 1 aromatic rings. The molecular formula is C13H21N5. The van der Waals surface area contributed by atoms with Gasteiger partial charge in [-0.25, -0.2) is 0 Å². The first-order valence-corrected chi connectivity index (χ1v) is 6.72. The summed E-state index contributed by atoms with van der Waals surface area (Å²) in [6, 6.07) is 2.87. The fourth-order valence-electron chi connectivity index (χ4n) is 2.74. The van der Waals surface area contributed by atoms with Gasteiger partial charge in [-0.2, -0.15) is 5.26 Å². The Kier molecular flexibility index (Phi) is 4.32. The van der Waals surface area contributed by atoms with Crippen molar-refractivity contribution in [2.45, 2.75) is 51.1 Å². The van der Waals surface area contributed by atoms with Gasteiger partial charge in [-0.15, -0.1) is 10.2 Å². The Morgan fingerprint density at radius 2 is 2.22 bits per heavy atom. The van der Waals surface area contributed by atoms with E-state index in [-0.39, 0.29) is 18.0 Å². The Morgan fingerprint density at radius 1 is 1.44 bits per heavy atom. The van der Waals surface area contributed by atoms with Gasteiger partial charge in [0, 0.05) is 13.1 Å². The second-order valence-electron chi connectivity index (χ2n) is 5.17. The van der Waals surface area contributed by atoms with E-state index in [1.165, 1.54) is 19.3 Å². The summed E-state index contributed by atoms with van der Waals surface area (Å²) in [5.41, 5.74) is 0. The van der Waals surface area contributed by atoms with E-state index in [1.807, 2.05) is 11.6 Å². The van der Waals surface area contributed by atoms with Crippen molar-refractivity contribution in [2.75, 3.05) is 0 Å². The van der Waals surface area contributed by atoms with E-state index >= 15 is 0 Å². The summed E-state index contributed by atoms with van der Waals surface area (Å²) in [7, 11) is 1.95. The smallest absolute Gasteiger partial charge is 0.149 e. The fraction of sp³-hybridized carbons (Fsp3) is 0.769. The zero-order chi connectivity index (χ0) is 13.0. The van der Waals surface area contributed by atoms with E-state index < -0.39 is 0 Å². The number of nitrogens with one attached hydrogen (secondary N) is 1. The molecule has 0 spiro atoms. The minimum absolute atomic E-state index is 0.128. The lowest BCUT2D eigenvalue weighted by molar-refractivity contribution is 0.351. The fourth-order valence-corrected chi connectivity index (χ4v) is 2.74. The molecule has 18 heavy (non-hydrogen) atoms. The molecule has 0 aliphatic heterocycles. The summed E-state index contributed by atoms with van der Waals surface area (Å²) in [6.07, 6.45) is 7.44. The first kappa shape index (κ1) is 13.0. The Morgan fingerprint density at radius 3 is 2.89 bits per heavy atom. The molecule has 3 atom stereocenters. The SMILES string of the molecule is CC(NC1CCCCCC1C#N)c1nncn1C. The average Bonchev–Trinajstić information content (AvgIpc) is 2.66. The van der Waals surface area contributed by atoms with Gasteiger partial charge in [-0.3, -0.25) is 0 Å². The van der Waals surface area contributed by atoms with Crippen LogP contribution in [-0.2, 0) is 7.05 Å². The average molecular weight is 247 g/mol. The first-order chi connectivity index (χ1) is 8.72. The predicted octanol–water partition coefficient (Wildman–Crippen LogP) is 1.94. The predicted molar refractivity (Wildman–Crippen MR) is 68.5 cm³/mol. The molecule has 1 fully saturated rings. The topological polar surface area (TPSA) is 66.5 Å². The van der Waals surface area contributed by atoms with Gasteiger partial charge in [-0.1, -0.05) is 19.3 Å². The Bertz CT molecular complexity index is 419. The molecule has 0 bridgehead atoms. The lowest BCUT2D eigenvalue weighted by Gasteiger charge is -2.24. The maximum absolute atomic E-state index is 9.26. The number of hydrogen-bond donors (Lipinski definition) is 1. The minimum atomic E-state index is 0.128. The molecule has 1 heterocycles. The van der Waals surface area contributed by atoms with Crippen LogP contribution in [0.2, 0.25) is 0 Å². The molecular weight excluding hydrogens is 226 g/mol. The second kappa shape index (κ2) is 5.96. The standard InChI is InChI=1S/C13H21N5/c1-10(13-17-15-9-18(13)2)16-12-7-5-3-4-6-11(12)8-14/h9-12,16H,3-7H2,1-2H3. The molecule has 1 N–H and O–H groups in total. The van der Waals surface area contributed by atoms with Gasteiger partial charge >= 0.3 is 0 Å². The van der Waals surface area contributed by atoms with E-state index in [1.54, 1.807) is 6.33 Å². The van der Waals surface area contributed by atoms with Gasteiger partial charge in [0.2, 0.25) is 0 Å². The molecule has 1 saturated carbocycles. The van der Waals surface area contributed by atoms with Gasteiger partial charge in [0.25, 0.3) is 0 Å². The zero-order valence-corrected chi connectivity index (χ0v) is 11.1. The molecule has 0 aromatic carbocycles. The van der Waals surface area contributed by atoms with E-state index in [2.05, 4.69) is 28.5 Å². The summed E-state index contributed by atoms with van der Waals surface area (Å²) in [5, 5.41) is 20.8. The van der Waals surface area contributed by atoms with Crippen LogP contribution in [0.1, 0.15) is 50.9 Å². The molecule has 0 saturated heterocycles. The number of nitrogens with zero attached hydrogens (tertiary/aromatic N) is 4. The van der Waals surface area contributed by atoms with Crippen LogP contribution >= 0.6 is 0 Å². The first-order valence-electron chi connectivity index (χ1n) is 6.72. The van der Waals surface area contributed by atoms with Gasteiger partial charge in [-0.05, 0) is 19.8 Å².